The molecule has 0 atom stereocenters. The van der Waals surface area contributed by atoms with Crippen LogP contribution in [0.1, 0.15) is 29.6 Å². The molecule has 96 valence electrons. The topological polar surface area (TPSA) is 75.4 Å². The Morgan fingerprint density at radius 3 is 2.22 bits per heavy atom. The maximum atomic E-state index is 11.9. The summed E-state index contributed by atoms with van der Waals surface area (Å²) in [6.07, 6.45) is 3.32. The summed E-state index contributed by atoms with van der Waals surface area (Å²) in [7, 11) is 0. The second-order valence-corrected chi connectivity index (χ2v) is 4.42. The standard InChI is InChI=1S/C13H17N3O2/c14-12(17)10-4-6-11(7-5-10)15-13(18)16-8-2-1-3-9-16/h4-7H,1-3,8-9H2,(H2,14,17)(H,15,18). The fraction of sp³-hybridized carbons (Fsp3) is 0.385. The van der Waals surface area contributed by atoms with E-state index < -0.39 is 5.91 Å². The summed E-state index contributed by atoms with van der Waals surface area (Å²) in [5.74, 6) is -0.469. The highest BCUT2D eigenvalue weighted by atomic mass is 16.2. The van der Waals surface area contributed by atoms with Gasteiger partial charge in [-0.05, 0) is 43.5 Å². The zero-order valence-corrected chi connectivity index (χ0v) is 10.2. The number of hydrogen-bond donors (Lipinski definition) is 2. The van der Waals surface area contributed by atoms with Gasteiger partial charge < -0.3 is 16.0 Å². The molecule has 2 rings (SSSR count). The molecule has 0 radical (unpaired) electrons. The molecular weight excluding hydrogens is 230 g/mol. The van der Waals surface area contributed by atoms with E-state index in [1.807, 2.05) is 4.90 Å². The van der Waals surface area contributed by atoms with Crippen LogP contribution in [0.2, 0.25) is 0 Å². The van der Waals surface area contributed by atoms with Crippen LogP contribution in [0.3, 0.4) is 0 Å². The molecule has 1 fully saturated rings. The quantitative estimate of drug-likeness (QED) is 0.836. The van der Waals surface area contributed by atoms with E-state index in [-0.39, 0.29) is 6.03 Å². The summed E-state index contributed by atoms with van der Waals surface area (Å²) in [6, 6.07) is 6.49. The first kappa shape index (κ1) is 12.4. The van der Waals surface area contributed by atoms with Crippen molar-refractivity contribution >= 4 is 17.6 Å². The van der Waals surface area contributed by atoms with E-state index in [2.05, 4.69) is 5.32 Å². The molecule has 0 spiro atoms. The van der Waals surface area contributed by atoms with E-state index >= 15 is 0 Å². The van der Waals surface area contributed by atoms with Crippen LogP contribution in [-0.4, -0.2) is 29.9 Å². The first-order chi connectivity index (χ1) is 8.66. The molecule has 3 N–H and O–H groups in total. The van der Waals surface area contributed by atoms with Crippen LogP contribution in [0, 0.1) is 0 Å². The van der Waals surface area contributed by atoms with Crippen LogP contribution >= 0.6 is 0 Å². The Morgan fingerprint density at radius 1 is 1.06 bits per heavy atom. The number of hydrogen-bond acceptors (Lipinski definition) is 2. The molecule has 1 aromatic rings. The van der Waals surface area contributed by atoms with Gasteiger partial charge in [0.1, 0.15) is 0 Å². The van der Waals surface area contributed by atoms with Gasteiger partial charge in [-0.25, -0.2) is 4.79 Å². The van der Waals surface area contributed by atoms with Crippen LogP contribution in [-0.2, 0) is 0 Å². The maximum absolute atomic E-state index is 11.9. The Labute approximate surface area is 106 Å². The summed E-state index contributed by atoms with van der Waals surface area (Å²) in [5, 5.41) is 2.81. The average Bonchev–Trinajstić information content (AvgIpc) is 2.40. The molecular formula is C13H17N3O2. The normalized spacial score (nSPS) is 15.2. The molecule has 0 unspecified atom stereocenters. The van der Waals surface area contributed by atoms with Gasteiger partial charge in [0, 0.05) is 24.3 Å². The monoisotopic (exact) mass is 247 g/mol. The molecule has 0 saturated carbocycles. The minimum atomic E-state index is -0.469. The highest BCUT2D eigenvalue weighted by Crippen LogP contribution is 2.13. The van der Waals surface area contributed by atoms with Gasteiger partial charge in [0.2, 0.25) is 5.91 Å². The number of likely N-dealkylation sites (tertiary alicyclic amines) is 1. The lowest BCUT2D eigenvalue weighted by molar-refractivity contribution is 0.100. The maximum Gasteiger partial charge on any atom is 0.321 e. The lowest BCUT2D eigenvalue weighted by Gasteiger charge is -2.26. The fourth-order valence-corrected chi connectivity index (χ4v) is 2.02. The largest absolute Gasteiger partial charge is 0.366 e. The number of nitrogens with zero attached hydrogens (tertiary/aromatic N) is 1. The third kappa shape index (κ3) is 3.00. The molecule has 0 aliphatic carbocycles. The van der Waals surface area contributed by atoms with Gasteiger partial charge in [0.15, 0.2) is 0 Å². The fourth-order valence-electron chi connectivity index (χ4n) is 2.02. The van der Waals surface area contributed by atoms with Crippen LogP contribution in [0.4, 0.5) is 10.5 Å². The Bertz CT molecular complexity index is 436. The number of nitrogens with two attached hydrogens (primary N) is 1. The molecule has 1 aromatic carbocycles. The minimum Gasteiger partial charge on any atom is -0.366 e. The van der Waals surface area contributed by atoms with Crippen molar-refractivity contribution in [2.75, 3.05) is 18.4 Å². The summed E-state index contributed by atoms with van der Waals surface area (Å²) in [6.45, 7) is 1.62. The number of amides is 3. The van der Waals surface area contributed by atoms with Crippen molar-refractivity contribution in [3.8, 4) is 0 Å². The predicted molar refractivity (Wildman–Crippen MR) is 69.4 cm³/mol. The van der Waals surface area contributed by atoms with Gasteiger partial charge >= 0.3 is 6.03 Å². The first-order valence-corrected chi connectivity index (χ1v) is 6.12. The average molecular weight is 247 g/mol. The van der Waals surface area contributed by atoms with Crippen LogP contribution < -0.4 is 11.1 Å². The number of primary amides is 1. The zero-order valence-electron chi connectivity index (χ0n) is 10.2. The summed E-state index contributed by atoms with van der Waals surface area (Å²) < 4.78 is 0. The van der Waals surface area contributed by atoms with Crippen molar-refractivity contribution in [1.82, 2.24) is 4.90 Å². The van der Waals surface area contributed by atoms with Crippen molar-refractivity contribution in [3.05, 3.63) is 29.8 Å². The zero-order chi connectivity index (χ0) is 13.0. The number of benzene rings is 1. The molecule has 0 bridgehead atoms. The van der Waals surface area contributed by atoms with Gasteiger partial charge in [0.05, 0.1) is 0 Å². The van der Waals surface area contributed by atoms with Gasteiger partial charge in [-0.2, -0.15) is 0 Å². The lowest BCUT2D eigenvalue weighted by Crippen LogP contribution is -2.38. The third-order valence-electron chi connectivity index (χ3n) is 3.06. The van der Waals surface area contributed by atoms with Gasteiger partial charge in [-0.1, -0.05) is 0 Å². The molecule has 5 heteroatoms. The molecule has 1 heterocycles. The highest BCUT2D eigenvalue weighted by molar-refractivity contribution is 5.94. The number of piperidine rings is 1. The second kappa shape index (κ2) is 5.53. The van der Waals surface area contributed by atoms with Crippen molar-refractivity contribution in [3.63, 3.8) is 0 Å². The van der Waals surface area contributed by atoms with E-state index in [9.17, 15) is 9.59 Å². The van der Waals surface area contributed by atoms with Crippen LogP contribution in [0.5, 0.6) is 0 Å². The number of carbonyl (C=O) groups excluding carboxylic acids is 2. The summed E-state index contributed by atoms with van der Waals surface area (Å²) in [4.78, 5) is 24.6. The van der Waals surface area contributed by atoms with E-state index in [4.69, 9.17) is 5.73 Å². The molecule has 18 heavy (non-hydrogen) atoms. The van der Waals surface area contributed by atoms with E-state index in [0.29, 0.717) is 11.3 Å². The number of rotatable bonds is 2. The van der Waals surface area contributed by atoms with Gasteiger partial charge in [-0.3, -0.25) is 4.79 Å². The van der Waals surface area contributed by atoms with Crippen molar-refractivity contribution in [2.24, 2.45) is 5.73 Å². The molecule has 5 nitrogen and oxygen atoms in total. The van der Waals surface area contributed by atoms with Crippen molar-refractivity contribution < 1.29 is 9.59 Å². The van der Waals surface area contributed by atoms with Crippen molar-refractivity contribution in [2.45, 2.75) is 19.3 Å². The number of carbonyl (C=O) groups is 2. The van der Waals surface area contributed by atoms with Crippen LogP contribution in [0.25, 0.3) is 0 Å². The van der Waals surface area contributed by atoms with E-state index in [1.54, 1.807) is 24.3 Å². The molecule has 1 aliphatic rings. The molecule has 1 saturated heterocycles. The third-order valence-corrected chi connectivity index (χ3v) is 3.06. The summed E-state index contributed by atoms with van der Waals surface area (Å²) >= 11 is 0. The lowest BCUT2D eigenvalue weighted by atomic mass is 10.1. The Hall–Kier alpha value is -2.04. The first-order valence-electron chi connectivity index (χ1n) is 6.12. The minimum absolute atomic E-state index is 0.0819. The summed E-state index contributed by atoms with van der Waals surface area (Å²) in [5.41, 5.74) is 6.26. The second-order valence-electron chi connectivity index (χ2n) is 4.42. The Morgan fingerprint density at radius 2 is 1.67 bits per heavy atom. The highest BCUT2D eigenvalue weighted by Gasteiger charge is 2.16. The van der Waals surface area contributed by atoms with E-state index in [0.717, 1.165) is 25.9 Å². The van der Waals surface area contributed by atoms with Crippen LogP contribution in [0.15, 0.2) is 24.3 Å². The Kier molecular flexibility index (Phi) is 3.82. The van der Waals surface area contributed by atoms with Crippen molar-refractivity contribution in [1.29, 1.82) is 0 Å². The molecule has 0 aromatic heterocycles. The van der Waals surface area contributed by atoms with Gasteiger partial charge in [-0.15, -0.1) is 0 Å². The van der Waals surface area contributed by atoms with E-state index in [1.165, 1.54) is 6.42 Å². The Balaban J connectivity index is 1.96. The molecule has 1 aliphatic heterocycles. The predicted octanol–water partition coefficient (Wildman–Crippen LogP) is 1.80. The van der Waals surface area contributed by atoms with Gasteiger partial charge in [0.25, 0.3) is 0 Å². The molecule has 3 amide bonds. The number of urea groups is 1. The smallest absolute Gasteiger partial charge is 0.321 e. The number of anilines is 1. The number of nitrogens with one attached hydrogen (secondary N) is 1. The SMILES string of the molecule is NC(=O)c1ccc(NC(=O)N2CCCCC2)cc1.